The first-order chi connectivity index (χ1) is 6.34. The van der Waals surface area contributed by atoms with Gasteiger partial charge in [-0.05, 0) is 30.0 Å². The molecular weight excluding hydrogens is 224 g/mol. The van der Waals surface area contributed by atoms with Crippen molar-refractivity contribution in [3.05, 3.63) is 34.3 Å². The molecule has 0 aliphatic heterocycles. The third-order valence-corrected chi connectivity index (χ3v) is 3.44. The summed E-state index contributed by atoms with van der Waals surface area (Å²) in [5.74, 6) is 0.959. The van der Waals surface area contributed by atoms with Crippen LogP contribution in [0.15, 0.2) is 28.7 Å². The Morgan fingerprint density at radius 3 is 2.31 bits per heavy atom. The molecular formula is C12H15Br. The van der Waals surface area contributed by atoms with Crippen molar-refractivity contribution in [1.82, 2.24) is 0 Å². The maximum absolute atomic E-state index is 3.46. The van der Waals surface area contributed by atoms with Crippen molar-refractivity contribution >= 4 is 15.9 Å². The van der Waals surface area contributed by atoms with Crippen LogP contribution in [0.25, 0.3) is 0 Å². The molecule has 0 nitrogen and oxygen atoms in total. The fourth-order valence-corrected chi connectivity index (χ4v) is 2.43. The lowest BCUT2D eigenvalue weighted by Crippen LogP contribution is -1.97. The van der Waals surface area contributed by atoms with Crippen LogP contribution in [0.3, 0.4) is 0 Å². The second-order valence-corrected chi connectivity index (χ2v) is 4.90. The maximum Gasteiger partial charge on any atom is 0.0175 e. The van der Waals surface area contributed by atoms with E-state index in [2.05, 4.69) is 40.2 Å². The quantitative estimate of drug-likeness (QED) is 0.726. The van der Waals surface area contributed by atoms with E-state index in [9.17, 15) is 0 Å². The lowest BCUT2D eigenvalue weighted by molar-refractivity contribution is 0.546. The molecule has 0 unspecified atom stereocenters. The van der Waals surface area contributed by atoms with Crippen LogP contribution in [-0.4, -0.2) is 0 Å². The first-order valence-corrected chi connectivity index (χ1v) is 5.88. The third-order valence-electron chi connectivity index (χ3n) is 2.91. The number of hydrogen-bond donors (Lipinski definition) is 0. The van der Waals surface area contributed by atoms with Gasteiger partial charge in [0.2, 0.25) is 0 Å². The largest absolute Gasteiger partial charge is 0.0579 e. The van der Waals surface area contributed by atoms with E-state index in [-0.39, 0.29) is 0 Å². The van der Waals surface area contributed by atoms with Crippen molar-refractivity contribution in [3.63, 3.8) is 0 Å². The summed E-state index contributed by atoms with van der Waals surface area (Å²) in [6.45, 7) is 0. The zero-order valence-electron chi connectivity index (χ0n) is 7.80. The fourth-order valence-electron chi connectivity index (χ4n) is 2.17. The van der Waals surface area contributed by atoms with Gasteiger partial charge in [0.1, 0.15) is 0 Å². The minimum absolute atomic E-state index is 0.959. The molecule has 13 heavy (non-hydrogen) atoms. The molecule has 1 heteroatoms. The molecule has 0 bridgehead atoms. The summed E-state index contributed by atoms with van der Waals surface area (Å²) < 4.78 is 1.18. The van der Waals surface area contributed by atoms with E-state index in [4.69, 9.17) is 0 Å². The predicted molar refractivity (Wildman–Crippen MR) is 59.8 cm³/mol. The first kappa shape index (κ1) is 9.26. The predicted octanol–water partition coefficient (Wildman–Crippen LogP) is 4.18. The summed E-state index contributed by atoms with van der Waals surface area (Å²) in [5, 5.41) is 0. The van der Waals surface area contributed by atoms with Gasteiger partial charge in [-0.15, -0.1) is 0 Å². The first-order valence-electron chi connectivity index (χ1n) is 5.09. The lowest BCUT2D eigenvalue weighted by atomic mass is 9.98. The smallest absolute Gasteiger partial charge is 0.0175 e. The zero-order valence-corrected chi connectivity index (χ0v) is 9.39. The Labute approximate surface area is 88.5 Å². The van der Waals surface area contributed by atoms with Gasteiger partial charge in [0.15, 0.2) is 0 Å². The molecule has 2 rings (SSSR count). The molecule has 1 aromatic rings. The zero-order chi connectivity index (χ0) is 9.10. The molecule has 0 spiro atoms. The molecule has 1 fully saturated rings. The molecule has 0 atom stereocenters. The second-order valence-electron chi connectivity index (χ2n) is 3.98. The molecule has 0 saturated heterocycles. The van der Waals surface area contributed by atoms with Gasteiger partial charge in [0, 0.05) is 4.47 Å². The van der Waals surface area contributed by atoms with Crippen molar-refractivity contribution in [2.24, 2.45) is 5.92 Å². The Hall–Kier alpha value is -0.300. The highest BCUT2D eigenvalue weighted by atomic mass is 79.9. The van der Waals surface area contributed by atoms with Crippen molar-refractivity contribution in [3.8, 4) is 0 Å². The molecule has 0 aromatic heterocycles. The van der Waals surface area contributed by atoms with Gasteiger partial charge in [0.25, 0.3) is 0 Å². The van der Waals surface area contributed by atoms with E-state index in [1.54, 1.807) is 0 Å². The summed E-state index contributed by atoms with van der Waals surface area (Å²) in [7, 11) is 0. The van der Waals surface area contributed by atoms with Gasteiger partial charge in [-0.1, -0.05) is 53.7 Å². The Morgan fingerprint density at radius 1 is 1.08 bits per heavy atom. The highest BCUT2D eigenvalue weighted by Gasteiger charge is 2.14. The molecule has 0 N–H and O–H groups in total. The summed E-state index contributed by atoms with van der Waals surface area (Å²) in [6, 6.07) is 8.76. The third kappa shape index (κ3) is 2.57. The SMILES string of the molecule is Brc1ccc(CC2CCCC2)cc1. The standard InChI is InChI=1S/C12H15Br/c13-12-7-5-11(6-8-12)9-10-3-1-2-4-10/h5-8,10H,1-4,9H2. The fraction of sp³-hybridized carbons (Fsp3) is 0.500. The van der Waals surface area contributed by atoms with Crippen molar-refractivity contribution in [2.75, 3.05) is 0 Å². The summed E-state index contributed by atoms with van der Waals surface area (Å²) in [5.41, 5.74) is 1.50. The summed E-state index contributed by atoms with van der Waals surface area (Å²) in [6.07, 6.45) is 7.06. The monoisotopic (exact) mass is 238 g/mol. The van der Waals surface area contributed by atoms with E-state index in [0.717, 1.165) is 5.92 Å². The molecule has 1 aliphatic carbocycles. The van der Waals surface area contributed by atoms with Crippen LogP contribution < -0.4 is 0 Å². The van der Waals surface area contributed by atoms with E-state index in [1.807, 2.05) is 0 Å². The molecule has 1 aliphatic rings. The Bertz CT molecular complexity index is 257. The highest BCUT2D eigenvalue weighted by molar-refractivity contribution is 9.10. The van der Waals surface area contributed by atoms with Gasteiger partial charge in [-0.3, -0.25) is 0 Å². The van der Waals surface area contributed by atoms with Crippen LogP contribution in [-0.2, 0) is 6.42 Å². The number of halogens is 1. The normalized spacial score (nSPS) is 17.9. The average Bonchev–Trinajstić information content (AvgIpc) is 2.62. The number of rotatable bonds is 2. The lowest BCUT2D eigenvalue weighted by Gasteiger charge is -2.08. The second kappa shape index (κ2) is 4.28. The molecule has 1 saturated carbocycles. The Morgan fingerprint density at radius 2 is 1.69 bits per heavy atom. The van der Waals surface area contributed by atoms with Gasteiger partial charge >= 0.3 is 0 Å². The van der Waals surface area contributed by atoms with E-state index in [1.165, 1.54) is 42.1 Å². The number of hydrogen-bond acceptors (Lipinski definition) is 0. The van der Waals surface area contributed by atoms with Gasteiger partial charge < -0.3 is 0 Å². The van der Waals surface area contributed by atoms with Gasteiger partial charge in [-0.2, -0.15) is 0 Å². The van der Waals surface area contributed by atoms with E-state index in [0.29, 0.717) is 0 Å². The minimum Gasteiger partial charge on any atom is -0.0579 e. The van der Waals surface area contributed by atoms with E-state index < -0.39 is 0 Å². The van der Waals surface area contributed by atoms with Crippen LogP contribution in [0.4, 0.5) is 0 Å². The van der Waals surface area contributed by atoms with Crippen molar-refractivity contribution in [1.29, 1.82) is 0 Å². The van der Waals surface area contributed by atoms with Crippen LogP contribution in [0.2, 0.25) is 0 Å². The van der Waals surface area contributed by atoms with Crippen molar-refractivity contribution < 1.29 is 0 Å². The molecule has 0 radical (unpaired) electrons. The van der Waals surface area contributed by atoms with Crippen LogP contribution in [0, 0.1) is 5.92 Å². The molecule has 70 valence electrons. The van der Waals surface area contributed by atoms with Gasteiger partial charge in [0.05, 0.1) is 0 Å². The Balaban J connectivity index is 1.97. The summed E-state index contributed by atoms with van der Waals surface area (Å²) >= 11 is 3.46. The minimum atomic E-state index is 0.959. The van der Waals surface area contributed by atoms with Crippen LogP contribution in [0.5, 0.6) is 0 Å². The van der Waals surface area contributed by atoms with Crippen LogP contribution in [0.1, 0.15) is 31.2 Å². The molecule has 0 amide bonds. The van der Waals surface area contributed by atoms with Crippen molar-refractivity contribution in [2.45, 2.75) is 32.1 Å². The van der Waals surface area contributed by atoms with Crippen LogP contribution >= 0.6 is 15.9 Å². The summed E-state index contributed by atoms with van der Waals surface area (Å²) in [4.78, 5) is 0. The van der Waals surface area contributed by atoms with E-state index >= 15 is 0 Å². The number of benzene rings is 1. The molecule has 1 aromatic carbocycles. The molecule has 0 heterocycles. The average molecular weight is 239 g/mol. The Kier molecular flexibility index (Phi) is 3.05. The topological polar surface area (TPSA) is 0 Å². The maximum atomic E-state index is 3.46. The van der Waals surface area contributed by atoms with Gasteiger partial charge in [-0.25, -0.2) is 0 Å². The highest BCUT2D eigenvalue weighted by Crippen LogP contribution is 2.28.